The maximum absolute atomic E-state index is 4.96. The summed E-state index contributed by atoms with van der Waals surface area (Å²) < 4.78 is 6.66. The van der Waals surface area contributed by atoms with Crippen LogP contribution in [0.5, 0.6) is 5.75 Å². The molecule has 13 heavy (non-hydrogen) atoms. The molecule has 0 bridgehead atoms. The number of pyridine rings is 1. The summed E-state index contributed by atoms with van der Waals surface area (Å²) in [6, 6.07) is 5.54. The quantitative estimate of drug-likeness (QED) is 0.793. The number of halogens is 1. The highest BCUT2D eigenvalue weighted by Crippen LogP contribution is 2.12. The van der Waals surface area contributed by atoms with E-state index in [1.807, 2.05) is 47.4 Å². The van der Waals surface area contributed by atoms with Gasteiger partial charge in [0.25, 0.3) is 0 Å². The van der Waals surface area contributed by atoms with Gasteiger partial charge in [0.1, 0.15) is 0 Å². The average molecular weight is 287 g/mol. The summed E-state index contributed by atoms with van der Waals surface area (Å²) in [5, 5.41) is 4.05. The molecule has 0 aliphatic rings. The number of rotatable bonds is 2. The number of hydrogen-bond acceptors (Lipinski definition) is 3. The van der Waals surface area contributed by atoms with Gasteiger partial charge < -0.3 is 3.07 Å². The Bertz CT molecular complexity index is 371. The Labute approximate surface area is 89.2 Å². The molecule has 0 aliphatic carbocycles. The molecule has 0 saturated carbocycles. The van der Waals surface area contributed by atoms with Gasteiger partial charge in [-0.05, 0) is 18.2 Å². The van der Waals surface area contributed by atoms with Gasteiger partial charge in [-0.25, -0.2) is 9.67 Å². The van der Waals surface area contributed by atoms with Crippen LogP contribution in [0.1, 0.15) is 0 Å². The topological polar surface area (TPSA) is 39.9 Å². The van der Waals surface area contributed by atoms with Crippen LogP contribution >= 0.6 is 23.0 Å². The van der Waals surface area contributed by atoms with Gasteiger partial charge in [0.05, 0.1) is 6.20 Å². The van der Waals surface area contributed by atoms with E-state index < -0.39 is 0 Å². The largest absolute Gasteiger partial charge is 0.426 e. The van der Waals surface area contributed by atoms with Crippen molar-refractivity contribution in [3.8, 4) is 11.6 Å². The molecule has 66 valence electrons. The van der Waals surface area contributed by atoms with Crippen LogP contribution in [-0.2, 0) is 0 Å². The molecule has 4 nitrogen and oxygen atoms in total. The predicted octanol–water partition coefficient (Wildman–Crippen LogP) is 2.00. The molecule has 0 amide bonds. The van der Waals surface area contributed by atoms with Crippen LogP contribution in [0.25, 0.3) is 5.82 Å². The first-order chi connectivity index (χ1) is 6.40. The highest BCUT2D eigenvalue weighted by molar-refractivity contribution is 14.1. The molecule has 0 aromatic carbocycles. The summed E-state index contributed by atoms with van der Waals surface area (Å²) in [6.07, 6.45) is 5.21. The first-order valence-corrected chi connectivity index (χ1v) is 4.53. The van der Waals surface area contributed by atoms with Gasteiger partial charge in [0.15, 0.2) is 34.6 Å². The van der Waals surface area contributed by atoms with Crippen molar-refractivity contribution in [1.82, 2.24) is 14.8 Å². The van der Waals surface area contributed by atoms with Gasteiger partial charge in [-0.2, -0.15) is 5.10 Å². The van der Waals surface area contributed by atoms with Crippen LogP contribution in [0.3, 0.4) is 0 Å². The van der Waals surface area contributed by atoms with Gasteiger partial charge in [-0.3, -0.25) is 0 Å². The van der Waals surface area contributed by atoms with E-state index in [0.29, 0.717) is 0 Å². The zero-order valence-electron chi connectivity index (χ0n) is 6.59. The maximum atomic E-state index is 4.96. The minimum atomic E-state index is 0.733. The molecule has 0 saturated heterocycles. The number of aromatic nitrogens is 3. The van der Waals surface area contributed by atoms with E-state index in [2.05, 4.69) is 10.1 Å². The minimum absolute atomic E-state index is 0.733. The smallest absolute Gasteiger partial charge is 0.192 e. The van der Waals surface area contributed by atoms with Gasteiger partial charge in [-0.15, -0.1) is 0 Å². The van der Waals surface area contributed by atoms with E-state index in [0.717, 1.165) is 11.6 Å². The Balaban J connectivity index is 2.33. The van der Waals surface area contributed by atoms with E-state index in [1.165, 1.54) is 0 Å². The molecule has 2 aromatic heterocycles. The van der Waals surface area contributed by atoms with Crippen LogP contribution < -0.4 is 3.07 Å². The summed E-state index contributed by atoms with van der Waals surface area (Å²) in [5.41, 5.74) is 0. The molecule has 5 heteroatoms. The molecule has 0 unspecified atom stereocenters. The lowest BCUT2D eigenvalue weighted by Crippen LogP contribution is -1.96. The zero-order valence-corrected chi connectivity index (χ0v) is 8.75. The molecule has 0 radical (unpaired) electrons. The molecule has 0 aliphatic heterocycles. The van der Waals surface area contributed by atoms with Gasteiger partial charge in [0, 0.05) is 12.4 Å². The molecule has 2 heterocycles. The van der Waals surface area contributed by atoms with Crippen molar-refractivity contribution in [3.63, 3.8) is 0 Å². The predicted molar refractivity (Wildman–Crippen MR) is 56.0 cm³/mol. The lowest BCUT2D eigenvalue weighted by molar-refractivity contribution is 0.707. The van der Waals surface area contributed by atoms with Crippen molar-refractivity contribution in [1.29, 1.82) is 0 Å². The summed E-state index contributed by atoms with van der Waals surface area (Å²) in [7, 11) is 0. The van der Waals surface area contributed by atoms with Crippen LogP contribution in [0.4, 0.5) is 0 Å². The van der Waals surface area contributed by atoms with Gasteiger partial charge in [0.2, 0.25) is 0 Å². The lowest BCUT2D eigenvalue weighted by atomic mass is 10.4. The fraction of sp³-hybridized carbons (Fsp3) is 0. The zero-order chi connectivity index (χ0) is 9.10. The van der Waals surface area contributed by atoms with Crippen molar-refractivity contribution < 1.29 is 3.07 Å². The van der Waals surface area contributed by atoms with E-state index in [1.54, 1.807) is 17.1 Å². The molecular formula is C8H6IN3O. The summed E-state index contributed by atoms with van der Waals surface area (Å²) >= 11 is 1.82. The molecule has 2 rings (SSSR count). The van der Waals surface area contributed by atoms with E-state index in [4.69, 9.17) is 3.07 Å². The first kappa shape index (κ1) is 8.49. The van der Waals surface area contributed by atoms with E-state index in [-0.39, 0.29) is 0 Å². The molecule has 0 atom stereocenters. The Morgan fingerprint density at radius 2 is 2.31 bits per heavy atom. The van der Waals surface area contributed by atoms with Crippen molar-refractivity contribution in [2.45, 2.75) is 0 Å². The van der Waals surface area contributed by atoms with Crippen molar-refractivity contribution in [2.75, 3.05) is 0 Å². The Kier molecular flexibility index (Phi) is 2.44. The van der Waals surface area contributed by atoms with Crippen LogP contribution in [-0.4, -0.2) is 14.8 Å². The highest BCUT2D eigenvalue weighted by Gasteiger charge is 1.97. The number of hydrogen-bond donors (Lipinski definition) is 0. The molecule has 0 spiro atoms. The summed E-state index contributed by atoms with van der Waals surface area (Å²) in [6.45, 7) is 0. The van der Waals surface area contributed by atoms with Crippen LogP contribution in [0.2, 0.25) is 0 Å². The fourth-order valence-corrected chi connectivity index (χ4v) is 1.22. The summed E-state index contributed by atoms with van der Waals surface area (Å²) in [5.74, 6) is 1.51. The lowest BCUT2D eigenvalue weighted by Gasteiger charge is -2.00. The third kappa shape index (κ3) is 1.80. The van der Waals surface area contributed by atoms with E-state index in [9.17, 15) is 0 Å². The fourth-order valence-electron chi connectivity index (χ4n) is 0.958. The minimum Gasteiger partial charge on any atom is -0.426 e. The van der Waals surface area contributed by atoms with E-state index >= 15 is 0 Å². The third-order valence-electron chi connectivity index (χ3n) is 1.55. The highest BCUT2D eigenvalue weighted by atomic mass is 127. The molecule has 0 fully saturated rings. The maximum Gasteiger partial charge on any atom is 0.192 e. The second-order valence-electron chi connectivity index (χ2n) is 2.38. The molecule has 2 aromatic rings. The average Bonchev–Trinajstić information content (AvgIpc) is 2.71. The second-order valence-corrected chi connectivity index (χ2v) is 2.82. The Morgan fingerprint density at radius 1 is 1.38 bits per heavy atom. The van der Waals surface area contributed by atoms with Crippen molar-refractivity contribution in [3.05, 3.63) is 36.8 Å². The van der Waals surface area contributed by atoms with Crippen LogP contribution in [0, 0.1) is 0 Å². The summed E-state index contributed by atoms with van der Waals surface area (Å²) in [4.78, 5) is 4.16. The van der Waals surface area contributed by atoms with Crippen LogP contribution in [0.15, 0.2) is 36.8 Å². The molecule has 0 N–H and O–H groups in total. The molecular weight excluding hydrogens is 281 g/mol. The third-order valence-corrected chi connectivity index (χ3v) is 2.06. The standard InChI is InChI=1S/C8H6IN3O/c9-13-7-2-3-8(10-6-7)12-5-1-4-11-12/h1-6H. The monoisotopic (exact) mass is 287 g/mol. The normalized spacial score (nSPS) is 9.92. The SMILES string of the molecule is IOc1ccc(-n2cccn2)nc1. The second kappa shape index (κ2) is 3.73. The number of nitrogens with zero attached hydrogens (tertiary/aromatic N) is 3. The van der Waals surface area contributed by atoms with Gasteiger partial charge >= 0.3 is 0 Å². The van der Waals surface area contributed by atoms with Crippen molar-refractivity contribution in [2.24, 2.45) is 0 Å². The van der Waals surface area contributed by atoms with Gasteiger partial charge in [-0.1, -0.05) is 0 Å². The van der Waals surface area contributed by atoms with Crippen molar-refractivity contribution >= 4 is 23.0 Å². The Hall–Kier alpha value is -1.11. The Morgan fingerprint density at radius 3 is 2.85 bits per heavy atom. The first-order valence-electron chi connectivity index (χ1n) is 3.65.